The summed E-state index contributed by atoms with van der Waals surface area (Å²) in [5.74, 6) is -0.766. The Kier molecular flexibility index (Phi) is 4.57. The van der Waals surface area contributed by atoms with Crippen molar-refractivity contribution >= 4 is 11.6 Å². The van der Waals surface area contributed by atoms with Crippen LogP contribution in [0.15, 0.2) is 48.8 Å². The molecule has 0 aliphatic carbocycles. The molecule has 0 radical (unpaired) electrons. The summed E-state index contributed by atoms with van der Waals surface area (Å²) in [4.78, 5) is 12.3. The number of alkyl halides is 3. The number of tetrazole rings is 1. The number of amides is 1. The smallest absolute Gasteiger partial charge is 0.406 e. The average molecular weight is 363 g/mol. The highest BCUT2D eigenvalue weighted by atomic mass is 19.4. The fourth-order valence-electron chi connectivity index (χ4n) is 2.27. The molecule has 26 heavy (non-hydrogen) atoms. The van der Waals surface area contributed by atoms with Gasteiger partial charge in [-0.25, -0.2) is 4.68 Å². The maximum atomic E-state index is 12.3. The largest absolute Gasteiger partial charge is 0.573 e. The molecule has 1 heterocycles. The molecule has 0 fully saturated rings. The second-order valence-electron chi connectivity index (χ2n) is 5.28. The van der Waals surface area contributed by atoms with E-state index < -0.39 is 12.3 Å². The Hall–Kier alpha value is -3.43. The van der Waals surface area contributed by atoms with Gasteiger partial charge in [0, 0.05) is 11.3 Å². The van der Waals surface area contributed by atoms with E-state index in [0.717, 1.165) is 23.4 Å². The number of hydrogen-bond acceptors (Lipinski definition) is 5. The zero-order chi connectivity index (χ0) is 18.7. The summed E-state index contributed by atoms with van der Waals surface area (Å²) in [5, 5.41) is 13.5. The molecule has 0 bridgehead atoms. The van der Waals surface area contributed by atoms with Crippen LogP contribution < -0.4 is 10.1 Å². The number of aryl methyl sites for hydroxylation is 1. The maximum absolute atomic E-state index is 12.3. The number of aromatic nitrogens is 4. The molecule has 2 aromatic carbocycles. The molecule has 0 unspecified atom stereocenters. The molecular weight excluding hydrogens is 351 g/mol. The quantitative estimate of drug-likeness (QED) is 0.770. The van der Waals surface area contributed by atoms with E-state index in [1.807, 2.05) is 0 Å². The lowest BCUT2D eigenvalue weighted by Gasteiger charge is -2.11. The highest BCUT2D eigenvalue weighted by Crippen LogP contribution is 2.24. The minimum atomic E-state index is -4.76. The zero-order valence-corrected chi connectivity index (χ0v) is 13.4. The summed E-state index contributed by atoms with van der Waals surface area (Å²) in [6, 6.07) is 9.84. The molecular formula is C16H12F3N5O2. The van der Waals surface area contributed by atoms with Crippen molar-refractivity contribution in [3.05, 3.63) is 59.9 Å². The first-order valence-electron chi connectivity index (χ1n) is 7.33. The molecule has 0 spiro atoms. The highest BCUT2D eigenvalue weighted by molar-refractivity contribution is 6.04. The molecule has 0 saturated heterocycles. The minimum absolute atomic E-state index is 0.340. The number of carbonyl (C=O) groups excluding carboxylic acids is 1. The summed E-state index contributed by atoms with van der Waals surface area (Å²) in [7, 11) is 0. The van der Waals surface area contributed by atoms with E-state index in [1.54, 1.807) is 25.1 Å². The Labute approximate surface area is 145 Å². The molecule has 3 aromatic rings. The van der Waals surface area contributed by atoms with Crippen molar-refractivity contribution in [2.24, 2.45) is 0 Å². The van der Waals surface area contributed by atoms with Gasteiger partial charge in [0.1, 0.15) is 12.1 Å². The first-order chi connectivity index (χ1) is 12.3. The first kappa shape index (κ1) is 17.4. The third kappa shape index (κ3) is 4.15. The van der Waals surface area contributed by atoms with Crippen LogP contribution in [0.4, 0.5) is 18.9 Å². The normalized spacial score (nSPS) is 11.2. The van der Waals surface area contributed by atoms with Crippen molar-refractivity contribution in [2.75, 3.05) is 5.32 Å². The summed E-state index contributed by atoms with van der Waals surface area (Å²) < 4.78 is 41.7. The Balaban J connectivity index is 1.71. The van der Waals surface area contributed by atoms with Gasteiger partial charge in [0.05, 0.1) is 5.69 Å². The number of benzene rings is 2. The van der Waals surface area contributed by atoms with Gasteiger partial charge in [-0.2, -0.15) is 0 Å². The number of carbonyl (C=O) groups is 1. The SMILES string of the molecule is Cc1cc(C(=O)Nc2ccc(OC(F)(F)F)cc2)ccc1-n1cnnn1. The fourth-order valence-corrected chi connectivity index (χ4v) is 2.27. The van der Waals surface area contributed by atoms with E-state index in [0.29, 0.717) is 11.3 Å². The molecule has 1 N–H and O–H groups in total. The molecule has 0 aliphatic heterocycles. The van der Waals surface area contributed by atoms with Crippen LogP contribution in [0.2, 0.25) is 0 Å². The molecule has 10 heteroatoms. The van der Waals surface area contributed by atoms with Gasteiger partial charge < -0.3 is 10.1 Å². The van der Waals surface area contributed by atoms with Gasteiger partial charge in [0.25, 0.3) is 5.91 Å². The number of rotatable bonds is 4. The second-order valence-corrected chi connectivity index (χ2v) is 5.28. The molecule has 3 rings (SSSR count). The molecule has 0 atom stereocenters. The van der Waals surface area contributed by atoms with E-state index in [-0.39, 0.29) is 5.75 Å². The van der Waals surface area contributed by atoms with Crippen molar-refractivity contribution in [1.29, 1.82) is 0 Å². The van der Waals surface area contributed by atoms with Gasteiger partial charge in [-0.1, -0.05) is 0 Å². The number of nitrogens with zero attached hydrogens (tertiary/aromatic N) is 4. The van der Waals surface area contributed by atoms with Crippen LogP contribution >= 0.6 is 0 Å². The Bertz CT molecular complexity index is 909. The number of nitrogens with one attached hydrogen (secondary N) is 1. The van der Waals surface area contributed by atoms with E-state index in [1.165, 1.54) is 23.1 Å². The predicted octanol–water partition coefficient (Wildman–Crippen LogP) is 3.12. The van der Waals surface area contributed by atoms with Gasteiger partial charge in [0.15, 0.2) is 0 Å². The molecule has 1 amide bonds. The molecule has 134 valence electrons. The number of hydrogen-bond donors (Lipinski definition) is 1. The third-order valence-electron chi connectivity index (χ3n) is 3.40. The van der Waals surface area contributed by atoms with Crippen LogP contribution in [0.25, 0.3) is 5.69 Å². The molecule has 7 nitrogen and oxygen atoms in total. The average Bonchev–Trinajstić information content (AvgIpc) is 3.09. The molecule has 0 aliphatic rings. The lowest BCUT2D eigenvalue weighted by atomic mass is 10.1. The van der Waals surface area contributed by atoms with E-state index in [2.05, 4.69) is 25.6 Å². The van der Waals surface area contributed by atoms with E-state index in [4.69, 9.17) is 0 Å². The van der Waals surface area contributed by atoms with Crippen molar-refractivity contribution in [2.45, 2.75) is 13.3 Å². The summed E-state index contributed by atoms with van der Waals surface area (Å²) in [6.45, 7) is 1.80. The standard InChI is InChI=1S/C16H12F3N5O2/c1-10-8-11(2-7-14(10)24-9-20-22-23-24)15(25)21-12-3-5-13(6-4-12)26-16(17,18)19/h2-9H,1H3,(H,21,25). The van der Waals surface area contributed by atoms with Gasteiger partial charge >= 0.3 is 6.36 Å². The summed E-state index contributed by atoms with van der Waals surface area (Å²) in [5.41, 5.74) is 2.22. The van der Waals surface area contributed by atoms with Gasteiger partial charge in [-0.05, 0) is 65.4 Å². The van der Waals surface area contributed by atoms with E-state index in [9.17, 15) is 18.0 Å². The predicted molar refractivity (Wildman–Crippen MR) is 85.0 cm³/mol. The number of ether oxygens (including phenoxy) is 1. The monoisotopic (exact) mass is 363 g/mol. The van der Waals surface area contributed by atoms with Crippen LogP contribution in [-0.4, -0.2) is 32.5 Å². The third-order valence-corrected chi connectivity index (χ3v) is 3.40. The number of halogens is 3. The number of anilines is 1. The van der Waals surface area contributed by atoms with Crippen LogP contribution in [0.1, 0.15) is 15.9 Å². The van der Waals surface area contributed by atoms with Crippen LogP contribution in [-0.2, 0) is 0 Å². The zero-order valence-electron chi connectivity index (χ0n) is 13.4. The second kappa shape index (κ2) is 6.82. The lowest BCUT2D eigenvalue weighted by molar-refractivity contribution is -0.274. The van der Waals surface area contributed by atoms with Crippen molar-refractivity contribution in [1.82, 2.24) is 20.2 Å². The minimum Gasteiger partial charge on any atom is -0.406 e. The van der Waals surface area contributed by atoms with Gasteiger partial charge in [-0.3, -0.25) is 4.79 Å². The highest BCUT2D eigenvalue weighted by Gasteiger charge is 2.30. The van der Waals surface area contributed by atoms with Crippen LogP contribution in [0.3, 0.4) is 0 Å². The molecule has 0 saturated carbocycles. The summed E-state index contributed by atoms with van der Waals surface area (Å²) >= 11 is 0. The van der Waals surface area contributed by atoms with Gasteiger partial charge in [-0.15, -0.1) is 18.3 Å². The topological polar surface area (TPSA) is 81.9 Å². The summed E-state index contributed by atoms with van der Waals surface area (Å²) in [6.07, 6.45) is -3.32. The molecule has 1 aromatic heterocycles. The van der Waals surface area contributed by atoms with Crippen LogP contribution in [0, 0.1) is 6.92 Å². The van der Waals surface area contributed by atoms with E-state index >= 15 is 0 Å². The first-order valence-corrected chi connectivity index (χ1v) is 7.33. The Morgan fingerprint density at radius 1 is 1.15 bits per heavy atom. The van der Waals surface area contributed by atoms with Crippen molar-refractivity contribution < 1.29 is 22.7 Å². The van der Waals surface area contributed by atoms with Crippen molar-refractivity contribution in [3.63, 3.8) is 0 Å². The van der Waals surface area contributed by atoms with Crippen LogP contribution in [0.5, 0.6) is 5.75 Å². The Morgan fingerprint density at radius 2 is 1.88 bits per heavy atom. The fraction of sp³-hybridized carbons (Fsp3) is 0.125. The lowest BCUT2D eigenvalue weighted by Crippen LogP contribution is -2.17. The van der Waals surface area contributed by atoms with Gasteiger partial charge in [0.2, 0.25) is 0 Å². The Morgan fingerprint density at radius 3 is 2.46 bits per heavy atom. The van der Waals surface area contributed by atoms with Crippen molar-refractivity contribution in [3.8, 4) is 11.4 Å². The maximum Gasteiger partial charge on any atom is 0.573 e.